The molecule has 4 aromatic rings. The molecule has 0 aliphatic rings. The van der Waals surface area contributed by atoms with Crippen molar-refractivity contribution in [1.82, 2.24) is 0 Å². The van der Waals surface area contributed by atoms with Gasteiger partial charge in [-0.15, -0.1) is 6.17 Å². The predicted molar refractivity (Wildman–Crippen MR) is 116 cm³/mol. The fourth-order valence-electron chi connectivity index (χ4n) is 3.37. The summed E-state index contributed by atoms with van der Waals surface area (Å²) in [5, 5.41) is 2.69. The lowest BCUT2D eigenvalue weighted by atomic mass is 9.94. The number of benzene rings is 4. The van der Waals surface area contributed by atoms with Crippen molar-refractivity contribution >= 4 is 25.0 Å². The molecule has 0 atom stereocenters. The topological polar surface area (TPSA) is 0 Å². The average Bonchev–Trinajstić information content (AvgIpc) is 2.74. The van der Waals surface area contributed by atoms with E-state index in [1.165, 1.54) is 32.6 Å². The van der Waals surface area contributed by atoms with Crippen molar-refractivity contribution < 1.29 is 0 Å². The van der Waals surface area contributed by atoms with E-state index in [2.05, 4.69) is 115 Å². The maximum Gasteiger partial charge on any atom is 0.0735 e. The van der Waals surface area contributed by atoms with E-state index in [4.69, 9.17) is 0 Å². The van der Waals surface area contributed by atoms with Crippen LogP contribution >= 0.6 is 0 Å². The Labute approximate surface area is 156 Å². The fourth-order valence-corrected chi connectivity index (χ4v) is 5.16. The molecule has 0 fully saturated rings. The summed E-state index contributed by atoms with van der Waals surface area (Å²) in [5.41, 5.74) is 5.09. The quantitative estimate of drug-likeness (QED) is 0.471. The Hall–Kier alpha value is -3.03. The Morgan fingerprint density at radius 2 is 1.04 bits per heavy atom. The number of rotatable bonds is 4. The van der Waals surface area contributed by atoms with Crippen LogP contribution < -0.4 is 10.4 Å². The zero-order valence-corrected chi connectivity index (χ0v) is 15.6. The lowest BCUT2D eigenvalue weighted by Crippen LogP contribution is -2.35. The third-order valence-electron chi connectivity index (χ3n) is 4.66. The van der Waals surface area contributed by atoms with Crippen molar-refractivity contribution in [3.63, 3.8) is 0 Å². The van der Waals surface area contributed by atoms with Crippen molar-refractivity contribution in [2.24, 2.45) is 0 Å². The summed E-state index contributed by atoms with van der Waals surface area (Å²) >= 11 is 0. The van der Waals surface area contributed by atoms with Crippen LogP contribution in [-0.4, -0.2) is 14.6 Å². The van der Waals surface area contributed by atoms with E-state index >= 15 is 0 Å². The van der Waals surface area contributed by atoms with E-state index in [1.54, 1.807) is 0 Å². The maximum atomic E-state index is 4.60. The van der Waals surface area contributed by atoms with Gasteiger partial charge in [0.05, 0.1) is 8.41 Å². The molecule has 0 aromatic heterocycles. The molecule has 0 N–H and O–H groups in total. The number of hydrogen-bond donors (Lipinski definition) is 0. The van der Waals surface area contributed by atoms with Crippen LogP contribution in [0.25, 0.3) is 22.3 Å². The highest BCUT2D eigenvalue weighted by atomic mass is 28.2. The van der Waals surface area contributed by atoms with Crippen LogP contribution in [0.15, 0.2) is 109 Å². The van der Waals surface area contributed by atoms with Gasteiger partial charge in [0.15, 0.2) is 0 Å². The lowest BCUT2D eigenvalue weighted by molar-refractivity contribution is 1.60. The smallest absolute Gasteiger partial charge is 0.0735 e. The van der Waals surface area contributed by atoms with Gasteiger partial charge in [-0.3, -0.25) is 0 Å². The van der Waals surface area contributed by atoms with Crippen molar-refractivity contribution in [3.05, 3.63) is 109 Å². The molecular weight excluding hydrogens is 328 g/mol. The third kappa shape index (κ3) is 3.22. The Balaban J connectivity index is 1.97. The minimum atomic E-state index is -1.10. The zero-order valence-electron chi connectivity index (χ0n) is 14.6. The summed E-state index contributed by atoms with van der Waals surface area (Å²) in [6, 6.07) is 38.7. The molecule has 4 aromatic carbocycles. The highest BCUT2D eigenvalue weighted by molar-refractivity contribution is 6.87. The summed E-state index contributed by atoms with van der Waals surface area (Å²) in [6.45, 7) is 0. The van der Waals surface area contributed by atoms with Crippen LogP contribution in [0, 0.1) is 0 Å². The van der Waals surface area contributed by atoms with Crippen LogP contribution in [0.3, 0.4) is 0 Å². The first-order valence-electron chi connectivity index (χ1n) is 8.83. The van der Waals surface area contributed by atoms with E-state index in [1.807, 2.05) is 0 Å². The molecule has 0 spiro atoms. The van der Waals surface area contributed by atoms with Gasteiger partial charge < -0.3 is 0 Å². The molecule has 26 heavy (non-hydrogen) atoms. The minimum absolute atomic E-state index is 1.10. The van der Waals surface area contributed by atoms with Crippen LogP contribution in [0.5, 0.6) is 0 Å². The molecule has 0 bridgehead atoms. The molecular formula is C25H20Si. The van der Waals surface area contributed by atoms with Crippen molar-refractivity contribution in [2.45, 2.75) is 0 Å². The zero-order chi connectivity index (χ0) is 17.8. The SMILES string of the molecule is C=[Si](c1ccccc1)c1cccc(-c2ccccc2)c1-c1ccccc1. The maximum absolute atomic E-state index is 4.60. The third-order valence-corrected chi connectivity index (χ3v) is 6.76. The average molecular weight is 349 g/mol. The molecule has 0 radical (unpaired) electrons. The van der Waals surface area contributed by atoms with Crippen LogP contribution in [-0.2, 0) is 0 Å². The van der Waals surface area contributed by atoms with Gasteiger partial charge in [-0.25, -0.2) is 0 Å². The Morgan fingerprint density at radius 1 is 0.500 bits per heavy atom. The highest BCUT2D eigenvalue weighted by Gasteiger charge is 2.15. The van der Waals surface area contributed by atoms with Crippen molar-refractivity contribution in [2.75, 3.05) is 0 Å². The molecule has 1 heteroatoms. The summed E-state index contributed by atoms with van der Waals surface area (Å²) < 4.78 is 0. The van der Waals surface area contributed by atoms with E-state index < -0.39 is 8.41 Å². The first-order chi connectivity index (χ1) is 12.8. The first kappa shape index (κ1) is 16.4. The lowest BCUT2D eigenvalue weighted by Gasteiger charge is -2.17. The fraction of sp³-hybridized carbons (Fsp3) is 0. The molecule has 0 aliphatic carbocycles. The molecule has 0 saturated carbocycles. The summed E-state index contributed by atoms with van der Waals surface area (Å²) in [5.74, 6) is 0. The monoisotopic (exact) mass is 348 g/mol. The largest absolute Gasteiger partial charge is 0.110 e. The van der Waals surface area contributed by atoms with Gasteiger partial charge in [0, 0.05) is 0 Å². The van der Waals surface area contributed by atoms with Gasteiger partial charge in [-0.2, -0.15) is 0 Å². The second-order valence-electron chi connectivity index (χ2n) is 6.30. The highest BCUT2D eigenvalue weighted by Crippen LogP contribution is 2.30. The van der Waals surface area contributed by atoms with Gasteiger partial charge >= 0.3 is 0 Å². The standard InChI is InChI=1S/C25H20Si/c1-26(22-16-9-4-10-17-22)24-19-11-18-23(20-12-5-2-6-13-20)25(24)21-14-7-3-8-15-21/h2-19H,1H2. The van der Waals surface area contributed by atoms with Crippen LogP contribution in [0.1, 0.15) is 0 Å². The number of hydrogen-bond acceptors (Lipinski definition) is 0. The molecule has 124 valence electrons. The molecule has 0 saturated heterocycles. The molecule has 0 nitrogen and oxygen atoms in total. The van der Waals surface area contributed by atoms with E-state index in [9.17, 15) is 0 Å². The van der Waals surface area contributed by atoms with Crippen LogP contribution in [0.2, 0.25) is 0 Å². The van der Waals surface area contributed by atoms with Crippen molar-refractivity contribution in [1.29, 1.82) is 0 Å². The molecule has 0 unspecified atom stereocenters. The Bertz CT molecular complexity index is 1020. The molecule has 0 heterocycles. The molecule has 0 aliphatic heterocycles. The molecule has 0 amide bonds. The molecule has 4 rings (SSSR count). The summed E-state index contributed by atoms with van der Waals surface area (Å²) in [7, 11) is -1.10. The second-order valence-corrected chi connectivity index (χ2v) is 8.38. The predicted octanol–water partition coefficient (Wildman–Crippen LogP) is 4.64. The normalized spacial score (nSPS) is 10.5. The Kier molecular flexibility index (Phi) is 4.72. The van der Waals surface area contributed by atoms with Gasteiger partial charge in [0.25, 0.3) is 0 Å². The van der Waals surface area contributed by atoms with Crippen LogP contribution in [0.4, 0.5) is 0 Å². The van der Waals surface area contributed by atoms with Gasteiger partial charge in [0.2, 0.25) is 0 Å². The van der Waals surface area contributed by atoms with E-state index in [-0.39, 0.29) is 0 Å². The second kappa shape index (κ2) is 7.47. The summed E-state index contributed by atoms with van der Waals surface area (Å²) in [6.07, 6.45) is 4.60. The first-order valence-corrected chi connectivity index (χ1v) is 10.5. The van der Waals surface area contributed by atoms with E-state index in [0.717, 1.165) is 0 Å². The Morgan fingerprint density at radius 3 is 1.65 bits per heavy atom. The minimum Gasteiger partial charge on any atom is -0.110 e. The van der Waals surface area contributed by atoms with Gasteiger partial charge in [-0.1, -0.05) is 109 Å². The summed E-state index contributed by atoms with van der Waals surface area (Å²) in [4.78, 5) is 0. The van der Waals surface area contributed by atoms with Gasteiger partial charge in [0.1, 0.15) is 0 Å². The van der Waals surface area contributed by atoms with Crippen molar-refractivity contribution in [3.8, 4) is 22.3 Å². The van der Waals surface area contributed by atoms with E-state index in [0.29, 0.717) is 0 Å². The van der Waals surface area contributed by atoms with Gasteiger partial charge in [-0.05, 0) is 32.6 Å².